The van der Waals surface area contributed by atoms with E-state index in [-0.39, 0.29) is 17.9 Å². The van der Waals surface area contributed by atoms with Crippen molar-refractivity contribution < 1.29 is 9.21 Å². The van der Waals surface area contributed by atoms with Gasteiger partial charge in [0.1, 0.15) is 5.41 Å². The number of likely N-dealkylation sites (tertiary alicyclic amines) is 1. The monoisotopic (exact) mass is 302 g/mol. The molecule has 2 aliphatic rings. The zero-order valence-electron chi connectivity index (χ0n) is 13.2. The summed E-state index contributed by atoms with van der Waals surface area (Å²) < 4.78 is 5.92. The Bertz CT molecular complexity index is 598. The molecular formula is C16H22N4O2. The molecule has 0 N–H and O–H groups in total. The minimum Gasteiger partial charge on any atom is -0.423 e. The van der Waals surface area contributed by atoms with Crippen molar-refractivity contribution in [3.63, 3.8) is 0 Å². The van der Waals surface area contributed by atoms with Crippen molar-refractivity contribution in [2.45, 2.75) is 69.7 Å². The van der Waals surface area contributed by atoms with Crippen LogP contribution in [0, 0.1) is 11.3 Å². The molecule has 0 spiro atoms. The maximum absolute atomic E-state index is 11.7. The Balaban J connectivity index is 1.84. The van der Waals surface area contributed by atoms with Gasteiger partial charge < -0.3 is 9.32 Å². The molecule has 1 saturated heterocycles. The minimum absolute atomic E-state index is 0.0566. The van der Waals surface area contributed by atoms with Crippen LogP contribution in [0.3, 0.4) is 0 Å². The number of nitriles is 1. The molecule has 1 aliphatic heterocycles. The molecule has 0 bridgehead atoms. The summed E-state index contributed by atoms with van der Waals surface area (Å²) in [5.41, 5.74) is -0.594. The Morgan fingerprint density at radius 1 is 1.36 bits per heavy atom. The molecule has 118 valence electrons. The third-order valence-corrected chi connectivity index (χ3v) is 5.23. The van der Waals surface area contributed by atoms with Gasteiger partial charge in [-0.05, 0) is 32.6 Å². The van der Waals surface area contributed by atoms with E-state index in [0.29, 0.717) is 11.8 Å². The second kappa shape index (κ2) is 5.71. The van der Waals surface area contributed by atoms with Crippen LogP contribution in [0.4, 0.5) is 0 Å². The molecule has 1 aromatic heterocycles. The fraction of sp³-hybridized carbons (Fsp3) is 0.750. The summed E-state index contributed by atoms with van der Waals surface area (Å²) in [6.07, 6.45) is 5.53. The van der Waals surface area contributed by atoms with Crippen LogP contribution in [-0.2, 0) is 10.2 Å². The first kappa shape index (κ1) is 15.0. The van der Waals surface area contributed by atoms with Gasteiger partial charge in [0.2, 0.25) is 17.7 Å². The highest BCUT2D eigenvalue weighted by molar-refractivity contribution is 5.73. The number of piperidine rings is 1. The molecule has 22 heavy (non-hydrogen) atoms. The highest BCUT2D eigenvalue weighted by Crippen LogP contribution is 2.41. The quantitative estimate of drug-likeness (QED) is 0.838. The molecular weight excluding hydrogens is 280 g/mol. The summed E-state index contributed by atoms with van der Waals surface area (Å²) in [4.78, 5) is 13.6. The minimum atomic E-state index is -0.594. The van der Waals surface area contributed by atoms with E-state index in [1.807, 2.05) is 11.8 Å². The molecule has 0 unspecified atom stereocenters. The van der Waals surface area contributed by atoms with Gasteiger partial charge in [-0.25, -0.2) is 0 Å². The third-order valence-electron chi connectivity index (χ3n) is 5.23. The lowest BCUT2D eigenvalue weighted by Gasteiger charge is -2.37. The third kappa shape index (κ3) is 2.39. The Hall–Kier alpha value is -1.90. The topological polar surface area (TPSA) is 83.0 Å². The van der Waals surface area contributed by atoms with Gasteiger partial charge in [0.05, 0.1) is 12.0 Å². The Kier molecular flexibility index (Phi) is 3.90. The van der Waals surface area contributed by atoms with E-state index >= 15 is 0 Å². The molecule has 0 radical (unpaired) electrons. The van der Waals surface area contributed by atoms with Crippen LogP contribution in [-0.4, -0.2) is 33.6 Å². The normalized spacial score (nSPS) is 27.6. The Labute approximate surface area is 130 Å². The van der Waals surface area contributed by atoms with Gasteiger partial charge in [-0.1, -0.05) is 12.8 Å². The van der Waals surface area contributed by atoms with Crippen LogP contribution in [0.15, 0.2) is 4.42 Å². The van der Waals surface area contributed by atoms with Crippen molar-refractivity contribution >= 4 is 5.91 Å². The predicted octanol–water partition coefficient (Wildman–Crippen LogP) is 2.52. The highest BCUT2D eigenvalue weighted by atomic mass is 16.4. The van der Waals surface area contributed by atoms with Crippen LogP contribution in [0.2, 0.25) is 0 Å². The second-order valence-electron chi connectivity index (χ2n) is 6.55. The second-order valence-corrected chi connectivity index (χ2v) is 6.55. The molecule has 0 aromatic carbocycles. The predicted molar refractivity (Wildman–Crippen MR) is 78.9 cm³/mol. The standard InChI is InChI=1S/C16H22N4O2/c1-11-13(6-5-9-20(11)12(2)21)14-18-19-15(22-14)16(10-17)7-3-4-8-16/h11,13H,3-9H2,1-2H3/t11-,13-/m0/s1. The summed E-state index contributed by atoms with van der Waals surface area (Å²) in [7, 11) is 0. The number of carbonyl (C=O) groups is 1. The molecule has 1 saturated carbocycles. The van der Waals surface area contributed by atoms with Crippen molar-refractivity contribution in [3.8, 4) is 6.07 Å². The van der Waals surface area contributed by atoms with E-state index in [1.165, 1.54) is 0 Å². The van der Waals surface area contributed by atoms with Crippen molar-refractivity contribution in [1.29, 1.82) is 5.26 Å². The molecule has 3 rings (SSSR count). The number of hydrogen-bond acceptors (Lipinski definition) is 5. The lowest BCUT2D eigenvalue weighted by Crippen LogP contribution is -2.44. The first-order chi connectivity index (χ1) is 10.6. The number of rotatable bonds is 2. The molecule has 6 nitrogen and oxygen atoms in total. The maximum atomic E-state index is 11.7. The SMILES string of the molecule is CC(=O)N1CCC[C@H](c2nnc(C3(C#N)CCCC3)o2)[C@@H]1C. The van der Waals surface area contributed by atoms with E-state index in [1.54, 1.807) is 6.92 Å². The van der Waals surface area contributed by atoms with Crippen molar-refractivity contribution in [2.75, 3.05) is 6.54 Å². The summed E-state index contributed by atoms with van der Waals surface area (Å²) in [6, 6.07) is 2.44. The zero-order chi connectivity index (χ0) is 15.7. The van der Waals surface area contributed by atoms with Crippen molar-refractivity contribution in [3.05, 3.63) is 11.8 Å². The summed E-state index contributed by atoms with van der Waals surface area (Å²) in [6.45, 7) is 4.42. The average Bonchev–Trinajstić information content (AvgIpc) is 3.17. The van der Waals surface area contributed by atoms with Gasteiger partial charge in [0.25, 0.3) is 0 Å². The largest absolute Gasteiger partial charge is 0.423 e. The molecule has 2 heterocycles. The van der Waals surface area contributed by atoms with Gasteiger partial charge >= 0.3 is 0 Å². The van der Waals surface area contributed by atoms with Gasteiger partial charge in [-0.15, -0.1) is 10.2 Å². The van der Waals surface area contributed by atoms with Gasteiger partial charge in [-0.2, -0.15) is 5.26 Å². The first-order valence-electron chi connectivity index (χ1n) is 8.10. The van der Waals surface area contributed by atoms with E-state index in [4.69, 9.17) is 4.42 Å². The number of amides is 1. The molecule has 2 fully saturated rings. The van der Waals surface area contributed by atoms with Crippen molar-refractivity contribution in [1.82, 2.24) is 15.1 Å². The summed E-state index contributed by atoms with van der Waals surface area (Å²) in [5, 5.41) is 17.9. The first-order valence-corrected chi connectivity index (χ1v) is 8.10. The molecule has 2 atom stereocenters. The fourth-order valence-electron chi connectivity index (χ4n) is 3.85. The zero-order valence-corrected chi connectivity index (χ0v) is 13.2. The van der Waals surface area contributed by atoms with Crippen molar-refractivity contribution in [2.24, 2.45) is 0 Å². The fourth-order valence-corrected chi connectivity index (χ4v) is 3.85. The highest BCUT2D eigenvalue weighted by Gasteiger charge is 2.42. The molecule has 1 aromatic rings. The van der Waals surface area contributed by atoms with E-state index < -0.39 is 5.41 Å². The number of hydrogen-bond donors (Lipinski definition) is 0. The molecule has 6 heteroatoms. The van der Waals surface area contributed by atoms with Crippen LogP contribution in [0.5, 0.6) is 0 Å². The van der Waals surface area contributed by atoms with Gasteiger partial charge in [-0.3, -0.25) is 4.79 Å². The van der Waals surface area contributed by atoms with E-state index in [9.17, 15) is 10.1 Å². The number of nitrogens with zero attached hydrogens (tertiary/aromatic N) is 4. The van der Waals surface area contributed by atoms with Crippen LogP contribution < -0.4 is 0 Å². The average molecular weight is 302 g/mol. The molecule has 1 amide bonds. The lowest BCUT2D eigenvalue weighted by atomic mass is 9.88. The Morgan fingerprint density at radius 2 is 2.09 bits per heavy atom. The maximum Gasteiger partial charge on any atom is 0.236 e. The number of carbonyl (C=O) groups excluding carboxylic acids is 1. The smallest absolute Gasteiger partial charge is 0.236 e. The summed E-state index contributed by atoms with van der Waals surface area (Å²) >= 11 is 0. The van der Waals surface area contributed by atoms with E-state index in [2.05, 4.69) is 16.3 Å². The lowest BCUT2D eigenvalue weighted by molar-refractivity contribution is -0.132. The van der Waals surface area contributed by atoms with Gasteiger partial charge in [0.15, 0.2) is 0 Å². The van der Waals surface area contributed by atoms with Gasteiger partial charge in [0, 0.05) is 19.5 Å². The van der Waals surface area contributed by atoms with Crippen LogP contribution in [0.25, 0.3) is 0 Å². The Morgan fingerprint density at radius 3 is 2.73 bits per heavy atom. The van der Waals surface area contributed by atoms with Crippen LogP contribution >= 0.6 is 0 Å². The van der Waals surface area contributed by atoms with Crippen LogP contribution in [0.1, 0.15) is 70.1 Å². The number of aromatic nitrogens is 2. The summed E-state index contributed by atoms with van der Waals surface area (Å²) in [5.74, 6) is 1.20. The molecule has 1 aliphatic carbocycles. The van der Waals surface area contributed by atoms with E-state index in [0.717, 1.165) is 45.1 Å².